The van der Waals surface area contributed by atoms with Crippen LogP contribution >= 0.6 is 11.8 Å². The van der Waals surface area contributed by atoms with Gasteiger partial charge in [-0.05, 0) is 28.7 Å². The zero-order valence-electron chi connectivity index (χ0n) is 16.1. The van der Waals surface area contributed by atoms with E-state index < -0.39 is 0 Å². The lowest BCUT2D eigenvalue weighted by molar-refractivity contribution is -0.113. The average Bonchev–Trinajstić information content (AvgIpc) is 2.61. The Morgan fingerprint density at radius 2 is 1.73 bits per heavy atom. The van der Waals surface area contributed by atoms with Crippen LogP contribution < -0.4 is 14.8 Å². The third-order valence-electron chi connectivity index (χ3n) is 4.00. The van der Waals surface area contributed by atoms with E-state index in [0.717, 1.165) is 5.75 Å². The number of rotatable bonds is 7. The van der Waals surface area contributed by atoms with Crippen molar-refractivity contribution in [2.45, 2.75) is 31.9 Å². The van der Waals surface area contributed by atoms with Crippen molar-refractivity contribution >= 4 is 23.4 Å². The Labute approximate surface area is 160 Å². The Morgan fingerprint density at radius 3 is 2.31 bits per heavy atom. The zero-order valence-corrected chi connectivity index (χ0v) is 16.9. The Balaban J connectivity index is 1.86. The van der Waals surface area contributed by atoms with Crippen LogP contribution in [0.25, 0.3) is 0 Å². The molecule has 4 nitrogen and oxygen atoms in total. The molecule has 0 atom stereocenters. The van der Waals surface area contributed by atoms with E-state index in [4.69, 9.17) is 9.47 Å². The van der Waals surface area contributed by atoms with Crippen LogP contribution in [-0.2, 0) is 16.0 Å². The van der Waals surface area contributed by atoms with E-state index in [-0.39, 0.29) is 11.3 Å². The first-order valence-corrected chi connectivity index (χ1v) is 9.68. The summed E-state index contributed by atoms with van der Waals surface area (Å²) < 4.78 is 10.5. The molecule has 1 amide bonds. The van der Waals surface area contributed by atoms with Crippen molar-refractivity contribution in [3.05, 3.63) is 53.6 Å². The van der Waals surface area contributed by atoms with Crippen molar-refractivity contribution in [2.24, 2.45) is 0 Å². The fourth-order valence-corrected chi connectivity index (χ4v) is 3.24. The topological polar surface area (TPSA) is 47.6 Å². The van der Waals surface area contributed by atoms with Gasteiger partial charge in [0.25, 0.3) is 0 Å². The van der Waals surface area contributed by atoms with Gasteiger partial charge in [-0.15, -0.1) is 11.8 Å². The molecule has 0 spiro atoms. The van der Waals surface area contributed by atoms with E-state index in [1.807, 2.05) is 0 Å². The van der Waals surface area contributed by atoms with Crippen LogP contribution in [0.3, 0.4) is 0 Å². The summed E-state index contributed by atoms with van der Waals surface area (Å²) in [5.74, 6) is 2.41. The van der Waals surface area contributed by atoms with E-state index in [9.17, 15) is 4.79 Å². The van der Waals surface area contributed by atoms with Gasteiger partial charge >= 0.3 is 0 Å². The molecule has 2 aromatic carbocycles. The van der Waals surface area contributed by atoms with Gasteiger partial charge in [-0.1, -0.05) is 45.0 Å². The standard InChI is InChI=1S/C21H27NO3S/c1-21(2,3)16-8-6-15(7-9-16)13-26-14-20(23)22-18-11-10-17(24-4)12-19(18)25-5/h6-12H,13-14H2,1-5H3,(H,22,23). The van der Waals surface area contributed by atoms with Crippen LogP contribution in [0, 0.1) is 0 Å². The number of amides is 1. The summed E-state index contributed by atoms with van der Waals surface area (Å²) in [5.41, 5.74) is 3.34. The summed E-state index contributed by atoms with van der Waals surface area (Å²) in [6.07, 6.45) is 0. The lowest BCUT2D eigenvalue weighted by Crippen LogP contribution is -2.15. The van der Waals surface area contributed by atoms with Crippen LogP contribution in [0.5, 0.6) is 11.5 Å². The number of thioether (sulfide) groups is 1. The van der Waals surface area contributed by atoms with E-state index in [2.05, 4.69) is 50.4 Å². The Hall–Kier alpha value is -2.14. The van der Waals surface area contributed by atoms with Crippen molar-refractivity contribution in [2.75, 3.05) is 25.3 Å². The molecule has 0 aromatic heterocycles. The molecule has 0 radical (unpaired) electrons. The minimum atomic E-state index is -0.0511. The highest BCUT2D eigenvalue weighted by Gasteiger charge is 2.13. The third kappa shape index (κ3) is 5.70. The van der Waals surface area contributed by atoms with Crippen molar-refractivity contribution in [3.63, 3.8) is 0 Å². The van der Waals surface area contributed by atoms with Crippen molar-refractivity contribution in [1.29, 1.82) is 0 Å². The normalized spacial score (nSPS) is 11.1. The number of hydrogen-bond acceptors (Lipinski definition) is 4. The maximum absolute atomic E-state index is 12.2. The molecule has 0 aliphatic carbocycles. The Bertz CT molecular complexity index is 736. The molecule has 140 valence electrons. The summed E-state index contributed by atoms with van der Waals surface area (Å²) in [6.45, 7) is 6.61. The van der Waals surface area contributed by atoms with Crippen LogP contribution in [0.1, 0.15) is 31.9 Å². The largest absolute Gasteiger partial charge is 0.497 e. The highest BCUT2D eigenvalue weighted by molar-refractivity contribution is 7.99. The minimum Gasteiger partial charge on any atom is -0.497 e. The van der Waals surface area contributed by atoms with Gasteiger partial charge in [-0.3, -0.25) is 4.79 Å². The highest BCUT2D eigenvalue weighted by atomic mass is 32.2. The van der Waals surface area contributed by atoms with Crippen molar-refractivity contribution in [3.8, 4) is 11.5 Å². The van der Waals surface area contributed by atoms with Crippen molar-refractivity contribution < 1.29 is 14.3 Å². The number of ether oxygens (including phenoxy) is 2. The van der Waals surface area contributed by atoms with E-state index in [0.29, 0.717) is 22.9 Å². The first-order valence-electron chi connectivity index (χ1n) is 8.52. The predicted molar refractivity (Wildman–Crippen MR) is 109 cm³/mol. The lowest BCUT2D eigenvalue weighted by atomic mass is 9.87. The van der Waals surface area contributed by atoms with Gasteiger partial charge in [0, 0.05) is 11.8 Å². The van der Waals surface area contributed by atoms with Gasteiger partial charge in [0.2, 0.25) is 5.91 Å². The van der Waals surface area contributed by atoms with Gasteiger partial charge in [-0.25, -0.2) is 0 Å². The second-order valence-electron chi connectivity index (χ2n) is 7.05. The number of methoxy groups -OCH3 is 2. The number of benzene rings is 2. The fourth-order valence-electron chi connectivity index (χ4n) is 2.45. The monoisotopic (exact) mass is 373 g/mol. The van der Waals surface area contributed by atoms with Crippen LogP contribution in [-0.4, -0.2) is 25.9 Å². The second kappa shape index (κ2) is 8.99. The zero-order chi connectivity index (χ0) is 19.2. The molecule has 0 saturated heterocycles. The third-order valence-corrected chi connectivity index (χ3v) is 5.01. The van der Waals surface area contributed by atoms with E-state index in [1.165, 1.54) is 11.1 Å². The number of carbonyl (C=O) groups is 1. The maximum Gasteiger partial charge on any atom is 0.234 e. The molecule has 5 heteroatoms. The van der Waals surface area contributed by atoms with Crippen LogP contribution in [0.2, 0.25) is 0 Å². The molecule has 0 aliphatic rings. The van der Waals surface area contributed by atoms with Crippen LogP contribution in [0.4, 0.5) is 5.69 Å². The van der Waals surface area contributed by atoms with E-state index >= 15 is 0 Å². The molecule has 26 heavy (non-hydrogen) atoms. The molecule has 0 bridgehead atoms. The van der Waals surface area contributed by atoms with E-state index in [1.54, 1.807) is 44.2 Å². The lowest BCUT2D eigenvalue weighted by Gasteiger charge is -2.19. The minimum absolute atomic E-state index is 0.0511. The molecule has 0 saturated carbocycles. The molecule has 0 fully saturated rings. The molecule has 0 heterocycles. The van der Waals surface area contributed by atoms with Gasteiger partial charge < -0.3 is 14.8 Å². The molecule has 0 aliphatic heterocycles. The second-order valence-corrected chi connectivity index (χ2v) is 8.04. The van der Waals surface area contributed by atoms with Gasteiger partial charge in [-0.2, -0.15) is 0 Å². The number of hydrogen-bond donors (Lipinski definition) is 1. The Morgan fingerprint density at radius 1 is 1.04 bits per heavy atom. The SMILES string of the molecule is COc1ccc(NC(=O)CSCc2ccc(C(C)(C)C)cc2)c(OC)c1. The van der Waals surface area contributed by atoms with Gasteiger partial charge in [0.15, 0.2) is 0 Å². The maximum atomic E-state index is 12.2. The summed E-state index contributed by atoms with van der Waals surface area (Å²) in [4.78, 5) is 12.2. The quantitative estimate of drug-likeness (QED) is 0.752. The molecule has 2 rings (SSSR count). The van der Waals surface area contributed by atoms with Crippen molar-refractivity contribution in [1.82, 2.24) is 0 Å². The number of anilines is 1. The fraction of sp³-hybridized carbons (Fsp3) is 0.381. The predicted octanol–water partition coefficient (Wildman–Crippen LogP) is 4.87. The molecule has 2 aromatic rings. The average molecular weight is 374 g/mol. The summed E-state index contributed by atoms with van der Waals surface area (Å²) >= 11 is 1.59. The summed E-state index contributed by atoms with van der Waals surface area (Å²) in [7, 11) is 3.16. The smallest absolute Gasteiger partial charge is 0.234 e. The summed E-state index contributed by atoms with van der Waals surface area (Å²) in [5, 5.41) is 2.89. The summed E-state index contributed by atoms with van der Waals surface area (Å²) in [6, 6.07) is 13.9. The number of nitrogens with one attached hydrogen (secondary N) is 1. The Kier molecular flexibility index (Phi) is 6.98. The van der Waals surface area contributed by atoms with Gasteiger partial charge in [0.1, 0.15) is 11.5 Å². The molecular weight excluding hydrogens is 346 g/mol. The highest BCUT2D eigenvalue weighted by Crippen LogP contribution is 2.29. The number of carbonyl (C=O) groups excluding carboxylic acids is 1. The first kappa shape index (κ1) is 20.2. The van der Waals surface area contributed by atoms with Crippen LogP contribution in [0.15, 0.2) is 42.5 Å². The molecular formula is C21H27NO3S. The molecule has 0 unspecified atom stereocenters. The van der Waals surface area contributed by atoms with Gasteiger partial charge in [0.05, 0.1) is 25.7 Å². The molecule has 1 N–H and O–H groups in total. The first-order chi connectivity index (χ1) is 12.3.